The number of esters is 3. The lowest BCUT2D eigenvalue weighted by atomic mass is 9.82. The van der Waals surface area contributed by atoms with Crippen LogP contribution in [0.5, 0.6) is 0 Å². The Hall–Kier alpha value is -3.16. The van der Waals surface area contributed by atoms with Gasteiger partial charge in [0.15, 0.2) is 0 Å². The Labute approximate surface area is 189 Å². The maximum Gasteiger partial charge on any atom is 0.336 e. The van der Waals surface area contributed by atoms with Crippen LogP contribution < -0.4 is 5.32 Å². The Kier molecular flexibility index (Phi) is 11.2. The van der Waals surface area contributed by atoms with Gasteiger partial charge in [0.25, 0.3) is 0 Å². The summed E-state index contributed by atoms with van der Waals surface area (Å²) in [4.78, 5) is 51.0. The second-order valence-corrected chi connectivity index (χ2v) is 7.11. The number of ketones is 1. The van der Waals surface area contributed by atoms with Gasteiger partial charge in [-0.1, -0.05) is 30.3 Å². The molecule has 0 radical (unpaired) electrons. The maximum absolute atomic E-state index is 13.0. The van der Waals surface area contributed by atoms with Crippen molar-refractivity contribution in [2.45, 2.75) is 47.6 Å². The van der Waals surface area contributed by atoms with E-state index in [9.17, 15) is 19.2 Å². The third-order valence-corrected chi connectivity index (χ3v) is 4.80. The summed E-state index contributed by atoms with van der Waals surface area (Å²) < 4.78 is 15.4. The van der Waals surface area contributed by atoms with Crippen LogP contribution in [0.3, 0.4) is 0 Å². The molecule has 0 amide bonds. The molecule has 0 bridgehead atoms. The predicted molar refractivity (Wildman–Crippen MR) is 118 cm³/mol. The van der Waals surface area contributed by atoms with Gasteiger partial charge < -0.3 is 19.5 Å². The molecule has 0 aliphatic carbocycles. The maximum atomic E-state index is 13.0. The van der Waals surface area contributed by atoms with Crippen LogP contribution in [0.25, 0.3) is 0 Å². The molecule has 0 fully saturated rings. The average molecular weight is 448 g/mol. The van der Waals surface area contributed by atoms with E-state index in [-0.39, 0.29) is 31.4 Å². The molecule has 0 unspecified atom stereocenters. The SMILES string of the molecule is CCOC(=O)/C(=C(/C)N[C@@H](C)c1ccccc1)[C@H](C(=O)OCC)[C@@H](C(C)=O)C(=O)OCC. The molecular weight excluding hydrogens is 414 g/mol. The minimum absolute atomic E-state index is 0.00574. The van der Waals surface area contributed by atoms with Crippen molar-refractivity contribution in [3.63, 3.8) is 0 Å². The molecule has 0 saturated carbocycles. The van der Waals surface area contributed by atoms with Crippen LogP contribution in [0.4, 0.5) is 0 Å². The van der Waals surface area contributed by atoms with E-state index in [0.717, 1.165) is 5.56 Å². The van der Waals surface area contributed by atoms with E-state index in [2.05, 4.69) is 5.32 Å². The largest absolute Gasteiger partial charge is 0.465 e. The summed E-state index contributed by atoms with van der Waals surface area (Å²) in [6.07, 6.45) is 0. The minimum Gasteiger partial charge on any atom is -0.465 e. The summed E-state index contributed by atoms with van der Waals surface area (Å²) in [5.41, 5.74) is 1.10. The van der Waals surface area contributed by atoms with E-state index < -0.39 is 35.5 Å². The van der Waals surface area contributed by atoms with Crippen molar-refractivity contribution in [2.75, 3.05) is 19.8 Å². The van der Waals surface area contributed by atoms with E-state index in [4.69, 9.17) is 14.2 Å². The van der Waals surface area contributed by atoms with Gasteiger partial charge in [0.1, 0.15) is 17.6 Å². The summed E-state index contributed by atoms with van der Waals surface area (Å²) in [6, 6.07) is 9.24. The average Bonchev–Trinajstić information content (AvgIpc) is 2.74. The Morgan fingerprint density at radius 3 is 1.78 bits per heavy atom. The first-order valence-corrected chi connectivity index (χ1v) is 10.7. The number of rotatable bonds is 12. The molecule has 0 aliphatic heterocycles. The molecule has 3 atom stereocenters. The lowest BCUT2D eigenvalue weighted by Crippen LogP contribution is -2.41. The highest BCUT2D eigenvalue weighted by Crippen LogP contribution is 2.29. The summed E-state index contributed by atoms with van der Waals surface area (Å²) in [7, 11) is 0. The highest BCUT2D eigenvalue weighted by Gasteiger charge is 2.45. The van der Waals surface area contributed by atoms with E-state index in [1.807, 2.05) is 37.3 Å². The first kappa shape index (κ1) is 26.9. The molecule has 0 spiro atoms. The van der Waals surface area contributed by atoms with Gasteiger partial charge in [-0.2, -0.15) is 0 Å². The number of ether oxygens (including phenoxy) is 3. The van der Waals surface area contributed by atoms with Crippen LogP contribution in [0.2, 0.25) is 0 Å². The molecule has 0 saturated heterocycles. The van der Waals surface area contributed by atoms with Crippen LogP contribution >= 0.6 is 0 Å². The molecule has 176 valence electrons. The quantitative estimate of drug-likeness (QED) is 0.225. The molecule has 8 nitrogen and oxygen atoms in total. The molecule has 1 N–H and O–H groups in total. The van der Waals surface area contributed by atoms with Gasteiger partial charge in [0, 0.05) is 11.7 Å². The van der Waals surface area contributed by atoms with Crippen molar-refractivity contribution in [1.82, 2.24) is 5.32 Å². The Bertz CT molecular complexity index is 832. The fourth-order valence-electron chi connectivity index (χ4n) is 3.37. The monoisotopic (exact) mass is 447 g/mol. The Morgan fingerprint density at radius 2 is 1.31 bits per heavy atom. The molecule has 1 aromatic carbocycles. The third-order valence-electron chi connectivity index (χ3n) is 4.80. The fourth-order valence-corrected chi connectivity index (χ4v) is 3.37. The van der Waals surface area contributed by atoms with Crippen molar-refractivity contribution in [1.29, 1.82) is 0 Å². The molecule has 8 heteroatoms. The summed E-state index contributed by atoms with van der Waals surface area (Å²) in [5, 5.41) is 3.19. The van der Waals surface area contributed by atoms with E-state index >= 15 is 0 Å². The number of benzene rings is 1. The zero-order valence-electron chi connectivity index (χ0n) is 19.6. The van der Waals surface area contributed by atoms with Crippen molar-refractivity contribution < 1.29 is 33.4 Å². The second-order valence-electron chi connectivity index (χ2n) is 7.11. The van der Waals surface area contributed by atoms with Gasteiger partial charge in [-0.3, -0.25) is 14.4 Å². The zero-order valence-corrected chi connectivity index (χ0v) is 19.6. The van der Waals surface area contributed by atoms with Gasteiger partial charge in [-0.25, -0.2) is 4.79 Å². The topological polar surface area (TPSA) is 108 Å². The number of carbonyl (C=O) groups excluding carboxylic acids is 4. The van der Waals surface area contributed by atoms with Crippen molar-refractivity contribution >= 4 is 23.7 Å². The van der Waals surface area contributed by atoms with Gasteiger partial charge >= 0.3 is 17.9 Å². The normalized spacial score (nSPS) is 14.3. The summed E-state index contributed by atoms with van der Waals surface area (Å²) >= 11 is 0. The predicted octanol–water partition coefficient (Wildman–Crippen LogP) is 3.12. The van der Waals surface area contributed by atoms with Crippen LogP contribution in [0.1, 0.15) is 53.1 Å². The van der Waals surface area contributed by atoms with Crippen LogP contribution in [-0.4, -0.2) is 43.5 Å². The molecule has 32 heavy (non-hydrogen) atoms. The van der Waals surface area contributed by atoms with Crippen molar-refractivity contribution in [3.05, 3.63) is 47.2 Å². The second kappa shape index (κ2) is 13.3. The highest BCUT2D eigenvalue weighted by atomic mass is 16.5. The molecule has 1 rings (SSSR count). The standard InChI is InChI=1S/C24H33NO7/c1-7-30-22(27)19(16(5)25-15(4)18-13-11-10-12-14-18)21(24(29)32-9-3)20(17(6)26)23(28)31-8-2/h10-15,20-21,25H,7-9H2,1-6H3/b19-16-/t15-,20+,21-/m0/s1. The van der Waals surface area contributed by atoms with E-state index in [0.29, 0.717) is 5.70 Å². The number of hydrogen-bond acceptors (Lipinski definition) is 8. The van der Waals surface area contributed by atoms with E-state index in [1.54, 1.807) is 27.7 Å². The third kappa shape index (κ3) is 7.21. The Morgan fingerprint density at radius 1 is 0.812 bits per heavy atom. The first-order valence-electron chi connectivity index (χ1n) is 10.7. The summed E-state index contributed by atoms with van der Waals surface area (Å²) in [5.74, 6) is -6.27. The molecule has 1 aromatic rings. The zero-order chi connectivity index (χ0) is 24.3. The molecule has 0 aliphatic rings. The number of allylic oxidation sites excluding steroid dienone is 1. The van der Waals surface area contributed by atoms with Crippen LogP contribution in [0, 0.1) is 11.8 Å². The fraction of sp³-hybridized carbons (Fsp3) is 0.500. The number of carbonyl (C=O) groups is 4. The van der Waals surface area contributed by atoms with Crippen LogP contribution in [0.15, 0.2) is 41.6 Å². The molecule has 0 aromatic heterocycles. The van der Waals surface area contributed by atoms with Gasteiger partial charge in [0.2, 0.25) is 0 Å². The number of Topliss-reactive ketones (excluding diaryl/α,β-unsaturated/α-hetero) is 1. The lowest BCUT2D eigenvalue weighted by molar-refractivity contribution is -0.162. The summed E-state index contributed by atoms with van der Waals surface area (Å²) in [6.45, 7) is 9.52. The minimum atomic E-state index is -1.54. The van der Waals surface area contributed by atoms with E-state index in [1.165, 1.54) is 6.92 Å². The molecule has 0 heterocycles. The highest BCUT2D eigenvalue weighted by molar-refractivity contribution is 6.06. The van der Waals surface area contributed by atoms with Crippen molar-refractivity contribution in [2.24, 2.45) is 11.8 Å². The van der Waals surface area contributed by atoms with Gasteiger partial charge in [0.05, 0.1) is 25.4 Å². The first-order chi connectivity index (χ1) is 15.2. The molecular formula is C24H33NO7. The number of hydrogen-bond donors (Lipinski definition) is 1. The van der Waals surface area contributed by atoms with Gasteiger partial charge in [-0.15, -0.1) is 0 Å². The van der Waals surface area contributed by atoms with Gasteiger partial charge in [-0.05, 0) is 47.1 Å². The van der Waals surface area contributed by atoms with Crippen molar-refractivity contribution in [3.8, 4) is 0 Å². The lowest BCUT2D eigenvalue weighted by Gasteiger charge is -2.26. The van der Waals surface area contributed by atoms with Crippen LogP contribution in [-0.2, 0) is 33.4 Å². The Balaban J connectivity index is 3.61. The number of nitrogens with one attached hydrogen (secondary N) is 1. The smallest absolute Gasteiger partial charge is 0.336 e.